The van der Waals surface area contributed by atoms with Crippen LogP contribution in [0.2, 0.25) is 0 Å². The number of hydrogen-bond acceptors (Lipinski definition) is 4. The molecule has 2 heterocycles. The van der Waals surface area contributed by atoms with Crippen LogP contribution in [0.25, 0.3) is 0 Å². The second-order valence-corrected chi connectivity index (χ2v) is 11.3. The van der Waals surface area contributed by atoms with Crippen molar-refractivity contribution in [2.24, 2.45) is 10.4 Å². The van der Waals surface area contributed by atoms with E-state index in [4.69, 9.17) is 4.99 Å². The lowest BCUT2D eigenvalue weighted by molar-refractivity contribution is 0.124. The zero-order chi connectivity index (χ0) is 20.6. The minimum Gasteiger partial charge on any atom is -0.339 e. The predicted molar refractivity (Wildman–Crippen MR) is 121 cm³/mol. The summed E-state index contributed by atoms with van der Waals surface area (Å²) in [6, 6.07) is 8.98. The molecule has 160 valence electrons. The molecule has 29 heavy (non-hydrogen) atoms. The van der Waals surface area contributed by atoms with E-state index in [0.29, 0.717) is 11.3 Å². The molecule has 0 spiro atoms. The van der Waals surface area contributed by atoms with Gasteiger partial charge in [0.15, 0.2) is 11.0 Å². The maximum Gasteiger partial charge on any atom is 0.209 e. The summed E-state index contributed by atoms with van der Waals surface area (Å²) in [4.78, 5) is 10.6. The van der Waals surface area contributed by atoms with E-state index < -0.39 is 11.0 Å². The van der Waals surface area contributed by atoms with Gasteiger partial charge in [-0.05, 0) is 48.3 Å². The minimum atomic E-state index is -1.19. The van der Waals surface area contributed by atoms with E-state index >= 15 is 0 Å². The molecule has 1 saturated heterocycles. The van der Waals surface area contributed by atoms with Gasteiger partial charge in [0.1, 0.15) is 0 Å². The van der Waals surface area contributed by atoms with Crippen molar-refractivity contribution in [1.29, 1.82) is 0 Å². The quantitative estimate of drug-likeness (QED) is 0.751. The molecule has 5 nitrogen and oxygen atoms in total. The third-order valence-corrected chi connectivity index (χ3v) is 8.21. The third-order valence-electron chi connectivity index (χ3n) is 6.78. The van der Waals surface area contributed by atoms with Crippen molar-refractivity contribution in [3.8, 4) is 0 Å². The summed E-state index contributed by atoms with van der Waals surface area (Å²) in [5, 5.41) is 0. The van der Waals surface area contributed by atoms with Crippen molar-refractivity contribution < 1.29 is 4.21 Å². The Hall–Kier alpha value is -1.40. The first-order valence-corrected chi connectivity index (χ1v) is 12.3. The number of benzene rings is 1. The molecule has 6 heteroatoms. The maximum atomic E-state index is 13.2. The van der Waals surface area contributed by atoms with E-state index in [2.05, 4.69) is 49.6 Å². The fourth-order valence-electron chi connectivity index (χ4n) is 4.93. The van der Waals surface area contributed by atoms with E-state index in [0.717, 1.165) is 56.2 Å². The highest BCUT2D eigenvalue weighted by Gasteiger charge is 2.37. The summed E-state index contributed by atoms with van der Waals surface area (Å²) in [6.45, 7) is 14.8. The number of piperazine rings is 1. The molecular weight excluding hydrogens is 380 g/mol. The van der Waals surface area contributed by atoms with Gasteiger partial charge in [0.25, 0.3) is 0 Å². The largest absolute Gasteiger partial charge is 0.339 e. The summed E-state index contributed by atoms with van der Waals surface area (Å²) in [5.41, 5.74) is 1.78. The van der Waals surface area contributed by atoms with Crippen molar-refractivity contribution in [3.05, 3.63) is 29.8 Å². The van der Waals surface area contributed by atoms with Crippen LogP contribution >= 0.6 is 0 Å². The van der Waals surface area contributed by atoms with E-state index in [-0.39, 0.29) is 0 Å². The lowest BCUT2D eigenvalue weighted by atomic mass is 9.91. The fourth-order valence-corrected chi connectivity index (χ4v) is 6.12. The van der Waals surface area contributed by atoms with Gasteiger partial charge < -0.3 is 4.90 Å². The van der Waals surface area contributed by atoms with Crippen LogP contribution in [-0.2, 0) is 11.0 Å². The first-order chi connectivity index (χ1) is 13.8. The molecule has 2 aliphatic heterocycles. The SMILES string of the molecule is CC(C)c1ccc(S(=O)N2CCN=C2N2CCN(C3CCC(C)(C)C3)CC2)cc1. The molecule has 1 aromatic carbocycles. The lowest BCUT2D eigenvalue weighted by Gasteiger charge is -2.40. The molecule has 0 amide bonds. The van der Waals surface area contributed by atoms with E-state index in [1.54, 1.807) is 0 Å². The minimum absolute atomic E-state index is 0.489. The van der Waals surface area contributed by atoms with Crippen molar-refractivity contribution >= 4 is 16.9 Å². The Morgan fingerprint density at radius 3 is 2.34 bits per heavy atom. The van der Waals surface area contributed by atoms with Gasteiger partial charge >= 0.3 is 0 Å². The third kappa shape index (κ3) is 4.53. The van der Waals surface area contributed by atoms with Crippen LogP contribution in [0, 0.1) is 5.41 Å². The second kappa shape index (κ2) is 8.38. The molecule has 1 aliphatic carbocycles. The Bertz CT molecular complexity index is 766. The first-order valence-electron chi connectivity index (χ1n) is 11.2. The molecule has 0 radical (unpaired) electrons. The van der Waals surface area contributed by atoms with Crippen LogP contribution in [-0.4, -0.2) is 69.6 Å². The monoisotopic (exact) mass is 416 g/mol. The molecule has 0 N–H and O–H groups in total. The number of nitrogens with zero attached hydrogens (tertiary/aromatic N) is 4. The molecule has 3 aliphatic rings. The maximum absolute atomic E-state index is 13.2. The van der Waals surface area contributed by atoms with Gasteiger partial charge in [-0.1, -0.05) is 39.8 Å². The molecule has 4 rings (SSSR count). The predicted octanol–water partition coefficient (Wildman–Crippen LogP) is 3.70. The van der Waals surface area contributed by atoms with Gasteiger partial charge in [0, 0.05) is 32.2 Å². The molecule has 1 saturated carbocycles. The number of rotatable bonds is 4. The van der Waals surface area contributed by atoms with Crippen LogP contribution in [0.3, 0.4) is 0 Å². The Labute approximate surface area is 178 Å². The van der Waals surface area contributed by atoms with Gasteiger partial charge in [0.2, 0.25) is 5.96 Å². The van der Waals surface area contributed by atoms with Gasteiger partial charge in [-0.15, -0.1) is 0 Å². The number of guanidine groups is 1. The van der Waals surface area contributed by atoms with Crippen LogP contribution in [0.5, 0.6) is 0 Å². The number of hydrogen-bond donors (Lipinski definition) is 0. The van der Waals surface area contributed by atoms with Gasteiger partial charge in [-0.25, -0.2) is 4.21 Å². The van der Waals surface area contributed by atoms with Crippen LogP contribution in [0.1, 0.15) is 58.4 Å². The van der Waals surface area contributed by atoms with Crippen molar-refractivity contribution in [3.63, 3.8) is 0 Å². The molecule has 2 unspecified atom stereocenters. The van der Waals surface area contributed by atoms with Gasteiger partial charge in [0.05, 0.1) is 18.0 Å². The Kier molecular flexibility index (Phi) is 6.03. The smallest absolute Gasteiger partial charge is 0.209 e. The molecule has 0 bridgehead atoms. The Morgan fingerprint density at radius 1 is 1.07 bits per heavy atom. The zero-order valence-electron chi connectivity index (χ0n) is 18.4. The topological polar surface area (TPSA) is 39.2 Å². The van der Waals surface area contributed by atoms with E-state index in [1.807, 2.05) is 16.4 Å². The normalized spacial score (nSPS) is 26.2. The van der Waals surface area contributed by atoms with Crippen LogP contribution in [0.15, 0.2) is 34.2 Å². The molecule has 0 aromatic heterocycles. The zero-order valence-corrected chi connectivity index (χ0v) is 19.2. The van der Waals surface area contributed by atoms with E-state index in [9.17, 15) is 4.21 Å². The van der Waals surface area contributed by atoms with Crippen molar-refractivity contribution in [2.45, 2.75) is 63.8 Å². The molecule has 2 fully saturated rings. The fraction of sp³-hybridized carbons (Fsp3) is 0.696. The standard InChI is InChI=1S/C23H36N4OS/c1-18(2)19-5-7-21(8-6-19)29(28)27-12-11-24-22(27)26-15-13-25(14-16-26)20-9-10-23(3,4)17-20/h5-8,18,20H,9-17H2,1-4H3. The van der Waals surface area contributed by atoms with Crippen molar-refractivity contribution in [1.82, 2.24) is 14.1 Å². The Morgan fingerprint density at radius 2 is 1.76 bits per heavy atom. The summed E-state index contributed by atoms with van der Waals surface area (Å²) in [5.74, 6) is 1.42. The highest BCUT2D eigenvalue weighted by molar-refractivity contribution is 7.83. The van der Waals surface area contributed by atoms with Gasteiger partial charge in [-0.3, -0.25) is 14.2 Å². The summed E-state index contributed by atoms with van der Waals surface area (Å²) in [6.07, 6.45) is 3.99. The Balaban J connectivity index is 1.37. The highest BCUT2D eigenvalue weighted by Crippen LogP contribution is 2.39. The highest BCUT2D eigenvalue weighted by atomic mass is 32.2. The van der Waals surface area contributed by atoms with Crippen LogP contribution < -0.4 is 0 Å². The molecular formula is C23H36N4OS. The second-order valence-electron chi connectivity index (χ2n) is 9.84. The summed E-state index contributed by atoms with van der Waals surface area (Å²) < 4.78 is 15.2. The summed E-state index contributed by atoms with van der Waals surface area (Å²) >= 11 is 0. The van der Waals surface area contributed by atoms with Crippen LogP contribution in [0.4, 0.5) is 0 Å². The average molecular weight is 417 g/mol. The summed E-state index contributed by atoms with van der Waals surface area (Å²) in [7, 11) is -1.19. The number of aliphatic imine (C=N–C) groups is 1. The molecule has 1 aromatic rings. The lowest BCUT2D eigenvalue weighted by Crippen LogP contribution is -2.54. The first kappa shape index (κ1) is 20.9. The van der Waals surface area contributed by atoms with Crippen molar-refractivity contribution in [2.75, 3.05) is 39.3 Å². The van der Waals surface area contributed by atoms with Gasteiger partial charge in [-0.2, -0.15) is 0 Å². The molecule has 2 atom stereocenters. The average Bonchev–Trinajstić information content (AvgIpc) is 3.34. The van der Waals surface area contributed by atoms with E-state index in [1.165, 1.54) is 24.8 Å².